The average molecular weight is 437 g/mol. The summed E-state index contributed by atoms with van der Waals surface area (Å²) in [5, 5.41) is 0. The van der Waals surface area contributed by atoms with E-state index < -0.39 is 5.97 Å². The summed E-state index contributed by atoms with van der Waals surface area (Å²) in [6.45, 7) is -0.205. The van der Waals surface area contributed by atoms with Crippen LogP contribution in [-0.2, 0) is 4.79 Å². The Morgan fingerprint density at radius 3 is 2.03 bits per heavy atom. The van der Waals surface area contributed by atoms with Crippen LogP contribution in [0.25, 0.3) is 23.3 Å². The highest BCUT2D eigenvalue weighted by atomic mass is 16.6. The number of carbonyl (C=O) groups is 1. The topological polar surface area (TPSA) is 44.8 Å². The molecule has 0 heterocycles. The van der Waals surface area contributed by atoms with Crippen molar-refractivity contribution < 1.29 is 19.0 Å². The standard InChI is InChI=1S/C29H24O4/c1-31-28-20-23(13-12-22-8-4-2-5-9-22)14-19-27(28)33-29(30)21-32-26-17-15-25(16-18-26)24-10-6-3-7-11-24/h2-20H,21H2,1H3/b13-12+. The van der Waals surface area contributed by atoms with Gasteiger partial charge in [0.15, 0.2) is 18.1 Å². The number of ether oxygens (including phenoxy) is 3. The van der Waals surface area contributed by atoms with Crippen LogP contribution in [0, 0.1) is 0 Å². The minimum Gasteiger partial charge on any atom is -0.493 e. The third-order valence-electron chi connectivity index (χ3n) is 5.00. The lowest BCUT2D eigenvalue weighted by Gasteiger charge is -2.11. The highest BCUT2D eigenvalue weighted by Crippen LogP contribution is 2.29. The van der Waals surface area contributed by atoms with Crippen molar-refractivity contribution in [3.05, 3.63) is 114 Å². The molecule has 0 N–H and O–H groups in total. The summed E-state index contributed by atoms with van der Waals surface area (Å²) >= 11 is 0. The lowest BCUT2D eigenvalue weighted by atomic mass is 10.1. The third-order valence-corrected chi connectivity index (χ3v) is 5.00. The minimum absolute atomic E-state index is 0.205. The maximum absolute atomic E-state index is 12.3. The monoisotopic (exact) mass is 436 g/mol. The van der Waals surface area contributed by atoms with Crippen LogP contribution < -0.4 is 14.2 Å². The van der Waals surface area contributed by atoms with Crippen LogP contribution in [0.5, 0.6) is 17.2 Å². The lowest BCUT2D eigenvalue weighted by molar-refractivity contribution is -0.136. The van der Waals surface area contributed by atoms with Crippen LogP contribution in [0.15, 0.2) is 103 Å². The number of esters is 1. The second-order valence-electron chi connectivity index (χ2n) is 7.31. The van der Waals surface area contributed by atoms with Gasteiger partial charge in [0.05, 0.1) is 7.11 Å². The molecule has 0 aliphatic carbocycles. The van der Waals surface area contributed by atoms with Crippen molar-refractivity contribution in [1.29, 1.82) is 0 Å². The summed E-state index contributed by atoms with van der Waals surface area (Å²) in [7, 11) is 1.54. The number of hydrogen-bond donors (Lipinski definition) is 0. The van der Waals surface area contributed by atoms with Crippen LogP contribution in [0.4, 0.5) is 0 Å². The molecule has 4 rings (SSSR count). The van der Waals surface area contributed by atoms with Gasteiger partial charge in [0.2, 0.25) is 0 Å². The second kappa shape index (κ2) is 10.8. The first-order chi connectivity index (χ1) is 16.2. The van der Waals surface area contributed by atoms with Gasteiger partial charge >= 0.3 is 5.97 Å². The molecule has 0 saturated heterocycles. The summed E-state index contributed by atoms with van der Waals surface area (Å²) in [4.78, 5) is 12.3. The average Bonchev–Trinajstić information content (AvgIpc) is 2.88. The van der Waals surface area contributed by atoms with E-state index in [0.29, 0.717) is 17.2 Å². The quantitative estimate of drug-likeness (QED) is 0.179. The second-order valence-corrected chi connectivity index (χ2v) is 7.31. The Bertz CT molecular complexity index is 1210. The lowest BCUT2D eigenvalue weighted by Crippen LogP contribution is -2.18. The molecule has 0 bridgehead atoms. The molecule has 4 aromatic carbocycles. The van der Waals surface area contributed by atoms with E-state index >= 15 is 0 Å². The highest BCUT2D eigenvalue weighted by molar-refractivity contribution is 5.76. The maximum atomic E-state index is 12.3. The molecule has 0 fully saturated rings. The van der Waals surface area contributed by atoms with Gasteiger partial charge in [-0.1, -0.05) is 91.0 Å². The van der Waals surface area contributed by atoms with E-state index in [0.717, 1.165) is 22.3 Å². The number of carbonyl (C=O) groups excluding carboxylic acids is 1. The summed E-state index contributed by atoms with van der Waals surface area (Å²) < 4.78 is 16.5. The van der Waals surface area contributed by atoms with E-state index in [1.54, 1.807) is 13.2 Å². The SMILES string of the molecule is COc1cc(/C=C/c2ccccc2)ccc1OC(=O)COc1ccc(-c2ccccc2)cc1. The van der Waals surface area contributed by atoms with Gasteiger partial charge in [-0.25, -0.2) is 4.79 Å². The van der Waals surface area contributed by atoms with Crippen LogP contribution in [0.2, 0.25) is 0 Å². The maximum Gasteiger partial charge on any atom is 0.349 e. The zero-order chi connectivity index (χ0) is 22.9. The molecule has 4 aromatic rings. The normalized spacial score (nSPS) is 10.7. The van der Waals surface area contributed by atoms with Gasteiger partial charge in [0, 0.05) is 0 Å². The van der Waals surface area contributed by atoms with Crippen LogP contribution in [0.3, 0.4) is 0 Å². The van der Waals surface area contributed by atoms with E-state index in [9.17, 15) is 4.79 Å². The highest BCUT2D eigenvalue weighted by Gasteiger charge is 2.11. The molecular weight excluding hydrogens is 412 g/mol. The first-order valence-electron chi connectivity index (χ1n) is 10.6. The summed E-state index contributed by atoms with van der Waals surface area (Å²) in [6, 6.07) is 33.1. The van der Waals surface area contributed by atoms with E-state index in [1.807, 2.05) is 109 Å². The Morgan fingerprint density at radius 1 is 0.697 bits per heavy atom. The Hall–Kier alpha value is -4.31. The fraction of sp³-hybridized carbons (Fsp3) is 0.0690. The Balaban J connectivity index is 1.34. The Labute approximate surface area is 193 Å². The molecule has 0 aliphatic rings. The molecule has 0 aromatic heterocycles. The molecule has 0 atom stereocenters. The van der Waals surface area contributed by atoms with Crippen molar-refractivity contribution in [2.24, 2.45) is 0 Å². The smallest absolute Gasteiger partial charge is 0.349 e. The van der Waals surface area contributed by atoms with E-state index in [4.69, 9.17) is 14.2 Å². The fourth-order valence-corrected chi connectivity index (χ4v) is 3.30. The predicted octanol–water partition coefficient (Wildman–Crippen LogP) is 6.52. The molecule has 33 heavy (non-hydrogen) atoms. The van der Waals surface area contributed by atoms with Crippen molar-refractivity contribution in [2.75, 3.05) is 13.7 Å². The third kappa shape index (κ3) is 6.11. The molecule has 0 amide bonds. The molecule has 0 saturated carbocycles. The molecule has 0 radical (unpaired) electrons. The Morgan fingerprint density at radius 2 is 1.33 bits per heavy atom. The number of methoxy groups -OCH3 is 1. The van der Waals surface area contributed by atoms with Gasteiger partial charge in [0.25, 0.3) is 0 Å². The van der Waals surface area contributed by atoms with Crippen molar-refractivity contribution in [3.63, 3.8) is 0 Å². The van der Waals surface area contributed by atoms with E-state index in [-0.39, 0.29) is 6.61 Å². The van der Waals surface area contributed by atoms with Gasteiger partial charge in [-0.05, 0) is 46.5 Å². The van der Waals surface area contributed by atoms with Crippen LogP contribution >= 0.6 is 0 Å². The molecule has 164 valence electrons. The van der Waals surface area contributed by atoms with Crippen LogP contribution in [-0.4, -0.2) is 19.7 Å². The molecule has 0 aliphatic heterocycles. The van der Waals surface area contributed by atoms with Crippen molar-refractivity contribution in [2.45, 2.75) is 0 Å². The van der Waals surface area contributed by atoms with Crippen molar-refractivity contribution >= 4 is 18.1 Å². The Kier molecular flexibility index (Phi) is 7.18. The number of hydrogen-bond acceptors (Lipinski definition) is 4. The zero-order valence-electron chi connectivity index (χ0n) is 18.3. The summed E-state index contributed by atoms with van der Waals surface area (Å²) in [6.07, 6.45) is 3.99. The molecule has 4 nitrogen and oxygen atoms in total. The largest absolute Gasteiger partial charge is 0.493 e. The van der Waals surface area contributed by atoms with Crippen LogP contribution in [0.1, 0.15) is 11.1 Å². The van der Waals surface area contributed by atoms with Gasteiger partial charge in [-0.15, -0.1) is 0 Å². The number of rotatable bonds is 8. The van der Waals surface area contributed by atoms with E-state index in [2.05, 4.69) is 0 Å². The zero-order valence-corrected chi connectivity index (χ0v) is 18.3. The van der Waals surface area contributed by atoms with Gasteiger partial charge in [-0.2, -0.15) is 0 Å². The summed E-state index contributed by atoms with van der Waals surface area (Å²) in [5.41, 5.74) is 4.24. The molecular formula is C29H24O4. The summed E-state index contributed by atoms with van der Waals surface area (Å²) in [5.74, 6) is 0.918. The van der Waals surface area contributed by atoms with Gasteiger partial charge < -0.3 is 14.2 Å². The minimum atomic E-state index is -0.506. The fourth-order valence-electron chi connectivity index (χ4n) is 3.30. The van der Waals surface area contributed by atoms with Gasteiger partial charge in [-0.3, -0.25) is 0 Å². The molecule has 0 spiro atoms. The van der Waals surface area contributed by atoms with Gasteiger partial charge in [0.1, 0.15) is 5.75 Å². The molecule has 4 heteroatoms. The predicted molar refractivity (Wildman–Crippen MR) is 131 cm³/mol. The number of benzene rings is 4. The van der Waals surface area contributed by atoms with Crippen molar-refractivity contribution in [1.82, 2.24) is 0 Å². The first kappa shape index (κ1) is 21.9. The van der Waals surface area contributed by atoms with E-state index in [1.165, 1.54) is 0 Å². The molecule has 0 unspecified atom stereocenters. The van der Waals surface area contributed by atoms with Crippen molar-refractivity contribution in [3.8, 4) is 28.4 Å². The first-order valence-corrected chi connectivity index (χ1v) is 10.6.